The van der Waals surface area contributed by atoms with Gasteiger partial charge in [-0.2, -0.15) is 5.26 Å². The Morgan fingerprint density at radius 1 is 1.50 bits per heavy atom. The Morgan fingerprint density at radius 3 is 2.42 bits per heavy atom. The zero-order valence-corrected chi connectivity index (χ0v) is 7.41. The van der Waals surface area contributed by atoms with Gasteiger partial charge >= 0.3 is 0 Å². The standard InChI is InChI=1S/C8H7N.C2H6O/c1-7-3-2-4-8(5-7)6-9;1-2-3/h2-5H,1H3;3H,2H2,1H3. The number of benzene rings is 1. The van der Waals surface area contributed by atoms with E-state index in [1.807, 2.05) is 25.1 Å². The Hall–Kier alpha value is -1.33. The number of aliphatic hydroxyl groups excluding tert-OH is 1. The molecule has 0 heterocycles. The number of rotatable bonds is 0. The molecule has 0 atom stereocenters. The summed E-state index contributed by atoms with van der Waals surface area (Å²) in [5.74, 6) is 0. The van der Waals surface area contributed by atoms with Crippen molar-refractivity contribution in [2.75, 3.05) is 6.61 Å². The van der Waals surface area contributed by atoms with E-state index in [0.29, 0.717) is 0 Å². The van der Waals surface area contributed by atoms with Crippen molar-refractivity contribution < 1.29 is 5.11 Å². The number of hydrogen-bond acceptors (Lipinski definition) is 2. The van der Waals surface area contributed by atoms with Crippen molar-refractivity contribution in [2.45, 2.75) is 13.8 Å². The predicted octanol–water partition coefficient (Wildman–Crippen LogP) is 1.87. The molecule has 2 heteroatoms. The normalized spacial score (nSPS) is 7.83. The van der Waals surface area contributed by atoms with Crippen molar-refractivity contribution in [3.05, 3.63) is 35.4 Å². The molecular weight excluding hydrogens is 150 g/mol. The molecule has 0 saturated carbocycles. The highest BCUT2D eigenvalue weighted by Crippen LogP contribution is 2.00. The maximum Gasteiger partial charge on any atom is 0.0991 e. The Labute approximate surface area is 73.1 Å². The van der Waals surface area contributed by atoms with E-state index < -0.39 is 0 Å². The number of hydrogen-bond donors (Lipinski definition) is 1. The van der Waals surface area contributed by atoms with Crippen molar-refractivity contribution in [3.63, 3.8) is 0 Å². The lowest BCUT2D eigenvalue weighted by atomic mass is 10.2. The highest BCUT2D eigenvalue weighted by molar-refractivity contribution is 5.31. The summed E-state index contributed by atoms with van der Waals surface area (Å²) in [5.41, 5.74) is 1.86. The number of aliphatic hydroxyl groups is 1. The van der Waals surface area contributed by atoms with Gasteiger partial charge in [0.05, 0.1) is 11.6 Å². The minimum atomic E-state index is 0.250. The minimum absolute atomic E-state index is 0.250. The molecule has 1 rings (SSSR count). The molecule has 0 aliphatic carbocycles. The number of nitriles is 1. The molecular formula is C10H13NO. The number of nitrogens with zero attached hydrogens (tertiary/aromatic N) is 1. The molecule has 0 aromatic heterocycles. The fraction of sp³-hybridized carbons (Fsp3) is 0.300. The van der Waals surface area contributed by atoms with Crippen LogP contribution in [0.15, 0.2) is 24.3 Å². The van der Waals surface area contributed by atoms with E-state index in [4.69, 9.17) is 10.4 Å². The first-order valence-electron chi connectivity index (χ1n) is 3.82. The Kier molecular flexibility index (Phi) is 5.68. The molecule has 0 aliphatic heterocycles. The van der Waals surface area contributed by atoms with Crippen LogP contribution in [0.5, 0.6) is 0 Å². The molecule has 2 nitrogen and oxygen atoms in total. The average molecular weight is 163 g/mol. The van der Waals surface area contributed by atoms with Crippen LogP contribution in [0.1, 0.15) is 18.1 Å². The third-order valence-corrected chi connectivity index (χ3v) is 1.15. The zero-order valence-electron chi connectivity index (χ0n) is 7.41. The molecule has 0 spiro atoms. The third-order valence-electron chi connectivity index (χ3n) is 1.15. The summed E-state index contributed by atoms with van der Waals surface area (Å²) < 4.78 is 0. The summed E-state index contributed by atoms with van der Waals surface area (Å²) in [6.45, 7) is 3.90. The summed E-state index contributed by atoms with van der Waals surface area (Å²) in [6.07, 6.45) is 0. The highest BCUT2D eigenvalue weighted by atomic mass is 16.2. The summed E-state index contributed by atoms with van der Waals surface area (Å²) in [5, 5.41) is 16.0. The van der Waals surface area contributed by atoms with Crippen molar-refractivity contribution in [1.82, 2.24) is 0 Å². The van der Waals surface area contributed by atoms with E-state index in [0.717, 1.165) is 11.1 Å². The van der Waals surface area contributed by atoms with E-state index >= 15 is 0 Å². The molecule has 0 radical (unpaired) electrons. The second-order valence-corrected chi connectivity index (χ2v) is 2.30. The van der Waals surface area contributed by atoms with Crippen LogP contribution >= 0.6 is 0 Å². The summed E-state index contributed by atoms with van der Waals surface area (Å²) in [4.78, 5) is 0. The first-order chi connectivity index (χ1) is 5.74. The smallest absolute Gasteiger partial charge is 0.0991 e. The van der Waals surface area contributed by atoms with Crippen LogP contribution in [0.2, 0.25) is 0 Å². The summed E-state index contributed by atoms with van der Waals surface area (Å²) in [6, 6.07) is 9.58. The first-order valence-corrected chi connectivity index (χ1v) is 3.82. The van der Waals surface area contributed by atoms with Gasteiger partial charge < -0.3 is 5.11 Å². The van der Waals surface area contributed by atoms with E-state index in [9.17, 15) is 0 Å². The van der Waals surface area contributed by atoms with Gasteiger partial charge in [0.1, 0.15) is 0 Å². The van der Waals surface area contributed by atoms with Crippen LogP contribution in [0.3, 0.4) is 0 Å². The van der Waals surface area contributed by atoms with Crippen molar-refractivity contribution in [2.24, 2.45) is 0 Å². The molecule has 0 amide bonds. The fourth-order valence-corrected chi connectivity index (χ4v) is 0.715. The largest absolute Gasteiger partial charge is 0.397 e. The SMILES string of the molecule is CCO.Cc1cccc(C#N)c1. The molecule has 0 unspecified atom stereocenters. The molecule has 1 aromatic carbocycles. The molecule has 1 aromatic rings. The third kappa shape index (κ3) is 4.48. The van der Waals surface area contributed by atoms with Crippen LogP contribution in [-0.4, -0.2) is 11.7 Å². The van der Waals surface area contributed by atoms with E-state index in [1.54, 1.807) is 13.0 Å². The fourth-order valence-electron chi connectivity index (χ4n) is 0.715. The van der Waals surface area contributed by atoms with E-state index in [-0.39, 0.29) is 6.61 Å². The van der Waals surface area contributed by atoms with Crippen molar-refractivity contribution >= 4 is 0 Å². The Morgan fingerprint density at radius 2 is 2.08 bits per heavy atom. The van der Waals surface area contributed by atoms with Crippen molar-refractivity contribution in [1.29, 1.82) is 5.26 Å². The molecule has 1 N–H and O–H groups in total. The van der Waals surface area contributed by atoms with Gasteiger partial charge in [0.25, 0.3) is 0 Å². The molecule has 64 valence electrons. The maximum atomic E-state index is 8.41. The lowest BCUT2D eigenvalue weighted by Gasteiger charge is -1.88. The lowest BCUT2D eigenvalue weighted by molar-refractivity contribution is 0.318. The van der Waals surface area contributed by atoms with Gasteiger partial charge in [-0.25, -0.2) is 0 Å². The quantitative estimate of drug-likeness (QED) is 0.634. The molecule has 0 aliphatic rings. The topological polar surface area (TPSA) is 44.0 Å². The highest BCUT2D eigenvalue weighted by Gasteiger charge is 1.86. The maximum absolute atomic E-state index is 8.41. The summed E-state index contributed by atoms with van der Waals surface area (Å²) in [7, 11) is 0. The van der Waals surface area contributed by atoms with E-state index in [1.165, 1.54) is 0 Å². The van der Waals surface area contributed by atoms with E-state index in [2.05, 4.69) is 6.07 Å². The Bertz CT molecular complexity index is 263. The van der Waals surface area contributed by atoms with Gasteiger partial charge in [0.2, 0.25) is 0 Å². The molecule has 0 bridgehead atoms. The zero-order chi connectivity index (χ0) is 9.40. The van der Waals surface area contributed by atoms with Gasteiger partial charge in [-0.3, -0.25) is 0 Å². The lowest BCUT2D eigenvalue weighted by Crippen LogP contribution is -1.73. The molecule has 0 fully saturated rings. The van der Waals surface area contributed by atoms with Gasteiger partial charge in [0, 0.05) is 6.61 Å². The second-order valence-electron chi connectivity index (χ2n) is 2.30. The van der Waals surface area contributed by atoms with Crippen LogP contribution in [0.4, 0.5) is 0 Å². The van der Waals surface area contributed by atoms with Crippen LogP contribution < -0.4 is 0 Å². The number of aryl methyl sites for hydroxylation is 1. The average Bonchev–Trinajstić information content (AvgIpc) is 2.06. The van der Waals surface area contributed by atoms with Crippen molar-refractivity contribution in [3.8, 4) is 6.07 Å². The first kappa shape index (κ1) is 10.7. The minimum Gasteiger partial charge on any atom is -0.397 e. The van der Waals surface area contributed by atoms with Gasteiger partial charge in [0.15, 0.2) is 0 Å². The molecule has 0 saturated heterocycles. The molecule has 12 heavy (non-hydrogen) atoms. The monoisotopic (exact) mass is 163 g/mol. The van der Waals surface area contributed by atoms with Gasteiger partial charge in [-0.05, 0) is 31.5 Å². The van der Waals surface area contributed by atoms with Crippen LogP contribution in [-0.2, 0) is 0 Å². The second kappa shape index (κ2) is 6.38. The Balaban J connectivity index is 0.000000354. The van der Waals surface area contributed by atoms with Crippen LogP contribution in [0, 0.1) is 18.3 Å². The van der Waals surface area contributed by atoms with Gasteiger partial charge in [-0.15, -0.1) is 0 Å². The predicted molar refractivity (Wildman–Crippen MR) is 48.7 cm³/mol. The van der Waals surface area contributed by atoms with Gasteiger partial charge in [-0.1, -0.05) is 12.1 Å². The van der Waals surface area contributed by atoms with Crippen LogP contribution in [0.25, 0.3) is 0 Å². The summed E-state index contributed by atoms with van der Waals surface area (Å²) >= 11 is 0.